The fourth-order valence-corrected chi connectivity index (χ4v) is 2.87. The summed E-state index contributed by atoms with van der Waals surface area (Å²) in [4.78, 5) is 18.5. The molecule has 6 nitrogen and oxygen atoms in total. The molecule has 0 radical (unpaired) electrons. The molecule has 0 aliphatic carbocycles. The van der Waals surface area contributed by atoms with Gasteiger partial charge in [0.05, 0.1) is 12.3 Å². The summed E-state index contributed by atoms with van der Waals surface area (Å²) in [5, 5.41) is 12.4. The molecule has 2 N–H and O–H groups in total. The van der Waals surface area contributed by atoms with Crippen LogP contribution in [-0.2, 0) is 11.4 Å². The number of pyridine rings is 1. The van der Waals surface area contributed by atoms with Gasteiger partial charge in [-0.2, -0.15) is 0 Å². The van der Waals surface area contributed by atoms with E-state index in [0.29, 0.717) is 5.82 Å². The van der Waals surface area contributed by atoms with Crippen LogP contribution >= 0.6 is 0 Å². The third-order valence-corrected chi connectivity index (χ3v) is 3.83. The second kappa shape index (κ2) is 5.13. The van der Waals surface area contributed by atoms with Crippen molar-refractivity contribution in [3.05, 3.63) is 30.1 Å². The number of fused-ring (bicyclic) bond motifs is 1. The molecule has 1 aliphatic rings. The molecule has 1 aliphatic heterocycles. The van der Waals surface area contributed by atoms with Gasteiger partial charge in [-0.25, -0.2) is 4.98 Å². The van der Waals surface area contributed by atoms with E-state index in [4.69, 9.17) is 0 Å². The van der Waals surface area contributed by atoms with Gasteiger partial charge in [-0.1, -0.05) is 6.07 Å². The molecule has 0 spiro atoms. The summed E-state index contributed by atoms with van der Waals surface area (Å²) in [6.07, 6.45) is 3.65. The van der Waals surface area contributed by atoms with E-state index in [1.54, 1.807) is 7.05 Å². The zero-order valence-corrected chi connectivity index (χ0v) is 11.4. The van der Waals surface area contributed by atoms with Crippen molar-refractivity contribution in [3.63, 3.8) is 0 Å². The van der Waals surface area contributed by atoms with Crippen molar-refractivity contribution in [3.8, 4) is 0 Å². The highest BCUT2D eigenvalue weighted by Crippen LogP contribution is 2.29. The van der Waals surface area contributed by atoms with Crippen molar-refractivity contribution in [1.29, 1.82) is 0 Å². The molecule has 1 fully saturated rings. The number of nitrogens with one attached hydrogen (secondary N) is 1. The SMILES string of the molecule is CNC(=O)C1CCCN1c1nc2ccccn2c1CO. The molecule has 1 saturated heterocycles. The van der Waals surface area contributed by atoms with Crippen LogP contribution < -0.4 is 10.2 Å². The van der Waals surface area contributed by atoms with E-state index in [2.05, 4.69) is 10.3 Å². The van der Waals surface area contributed by atoms with E-state index in [1.807, 2.05) is 33.7 Å². The molecular weight excluding hydrogens is 256 g/mol. The average molecular weight is 274 g/mol. The highest BCUT2D eigenvalue weighted by molar-refractivity contribution is 5.85. The van der Waals surface area contributed by atoms with E-state index < -0.39 is 0 Å². The molecule has 106 valence electrons. The number of anilines is 1. The van der Waals surface area contributed by atoms with Crippen molar-refractivity contribution in [2.24, 2.45) is 0 Å². The Morgan fingerprint density at radius 3 is 3.15 bits per heavy atom. The van der Waals surface area contributed by atoms with Gasteiger partial charge in [0.1, 0.15) is 11.7 Å². The number of likely N-dealkylation sites (N-methyl/N-ethyl adjacent to an activating group) is 1. The maximum Gasteiger partial charge on any atom is 0.242 e. The van der Waals surface area contributed by atoms with Gasteiger partial charge in [0.15, 0.2) is 5.82 Å². The monoisotopic (exact) mass is 274 g/mol. The highest BCUT2D eigenvalue weighted by Gasteiger charge is 2.33. The number of carbonyl (C=O) groups is 1. The molecule has 0 saturated carbocycles. The molecule has 0 aromatic carbocycles. The number of aliphatic hydroxyl groups excluding tert-OH is 1. The van der Waals surface area contributed by atoms with E-state index in [1.165, 1.54) is 0 Å². The normalized spacial score (nSPS) is 18.7. The third kappa shape index (κ3) is 1.92. The lowest BCUT2D eigenvalue weighted by atomic mass is 10.2. The smallest absolute Gasteiger partial charge is 0.242 e. The zero-order chi connectivity index (χ0) is 14.1. The number of aliphatic hydroxyl groups is 1. The Labute approximate surface area is 117 Å². The lowest BCUT2D eigenvalue weighted by Crippen LogP contribution is -2.42. The Morgan fingerprint density at radius 2 is 2.40 bits per heavy atom. The summed E-state index contributed by atoms with van der Waals surface area (Å²) < 4.78 is 1.87. The highest BCUT2D eigenvalue weighted by atomic mass is 16.3. The van der Waals surface area contributed by atoms with Crippen LogP contribution in [0.5, 0.6) is 0 Å². The Hall–Kier alpha value is -2.08. The van der Waals surface area contributed by atoms with Crippen molar-refractivity contribution >= 4 is 17.4 Å². The number of amides is 1. The molecule has 20 heavy (non-hydrogen) atoms. The van der Waals surface area contributed by atoms with Crippen LogP contribution in [0.4, 0.5) is 5.82 Å². The van der Waals surface area contributed by atoms with Gasteiger partial charge in [-0.15, -0.1) is 0 Å². The topological polar surface area (TPSA) is 69.9 Å². The van der Waals surface area contributed by atoms with Crippen LogP contribution in [0.25, 0.3) is 5.65 Å². The number of hydrogen-bond acceptors (Lipinski definition) is 4. The molecule has 6 heteroatoms. The van der Waals surface area contributed by atoms with Crippen LogP contribution in [0.1, 0.15) is 18.5 Å². The van der Waals surface area contributed by atoms with Gasteiger partial charge < -0.3 is 15.3 Å². The van der Waals surface area contributed by atoms with Gasteiger partial charge in [0.2, 0.25) is 5.91 Å². The molecule has 1 unspecified atom stereocenters. The summed E-state index contributed by atoms with van der Waals surface area (Å²) in [5.74, 6) is 0.716. The number of aromatic nitrogens is 2. The number of hydrogen-bond donors (Lipinski definition) is 2. The summed E-state index contributed by atoms with van der Waals surface area (Å²) in [7, 11) is 1.65. The number of imidazole rings is 1. The lowest BCUT2D eigenvalue weighted by molar-refractivity contribution is -0.121. The summed E-state index contributed by atoms with van der Waals surface area (Å²) in [5.41, 5.74) is 1.52. The van der Waals surface area contributed by atoms with Crippen molar-refractivity contribution < 1.29 is 9.90 Å². The Morgan fingerprint density at radius 1 is 1.55 bits per heavy atom. The summed E-state index contributed by atoms with van der Waals surface area (Å²) in [6.45, 7) is 0.687. The molecule has 3 rings (SSSR count). The van der Waals surface area contributed by atoms with Gasteiger partial charge in [0, 0.05) is 19.8 Å². The maximum absolute atomic E-state index is 12.0. The second-order valence-electron chi connectivity index (χ2n) is 4.93. The minimum Gasteiger partial charge on any atom is -0.390 e. The molecule has 1 amide bonds. The van der Waals surface area contributed by atoms with Crippen molar-refractivity contribution in [2.45, 2.75) is 25.5 Å². The fraction of sp³-hybridized carbons (Fsp3) is 0.429. The van der Waals surface area contributed by atoms with Crippen LogP contribution in [0.15, 0.2) is 24.4 Å². The van der Waals surface area contributed by atoms with Crippen LogP contribution in [-0.4, -0.2) is 40.0 Å². The van der Waals surface area contributed by atoms with E-state index in [-0.39, 0.29) is 18.6 Å². The molecule has 0 bridgehead atoms. The van der Waals surface area contributed by atoms with Crippen LogP contribution in [0.2, 0.25) is 0 Å². The van der Waals surface area contributed by atoms with Crippen LogP contribution in [0, 0.1) is 0 Å². The Balaban J connectivity index is 2.07. The van der Waals surface area contributed by atoms with Gasteiger partial charge >= 0.3 is 0 Å². The van der Waals surface area contributed by atoms with Crippen LogP contribution in [0.3, 0.4) is 0 Å². The quantitative estimate of drug-likeness (QED) is 0.857. The van der Waals surface area contributed by atoms with Gasteiger partial charge in [0.25, 0.3) is 0 Å². The first-order chi connectivity index (χ1) is 9.76. The molecule has 2 aromatic heterocycles. The van der Waals surface area contributed by atoms with Gasteiger partial charge in [-0.3, -0.25) is 9.20 Å². The summed E-state index contributed by atoms with van der Waals surface area (Å²) >= 11 is 0. The third-order valence-electron chi connectivity index (χ3n) is 3.83. The summed E-state index contributed by atoms with van der Waals surface area (Å²) in [6, 6.07) is 5.51. The zero-order valence-electron chi connectivity index (χ0n) is 11.4. The minimum atomic E-state index is -0.199. The van der Waals surface area contributed by atoms with Crippen molar-refractivity contribution in [1.82, 2.24) is 14.7 Å². The maximum atomic E-state index is 12.0. The first-order valence-electron chi connectivity index (χ1n) is 6.81. The van der Waals surface area contributed by atoms with E-state index in [9.17, 15) is 9.90 Å². The number of nitrogens with zero attached hydrogens (tertiary/aromatic N) is 3. The average Bonchev–Trinajstić information content (AvgIpc) is 3.09. The second-order valence-corrected chi connectivity index (χ2v) is 4.93. The Bertz CT molecular complexity index is 637. The molecular formula is C14H18N4O2. The first-order valence-corrected chi connectivity index (χ1v) is 6.81. The number of carbonyl (C=O) groups excluding carboxylic acids is 1. The van der Waals surface area contributed by atoms with Gasteiger partial charge in [-0.05, 0) is 25.0 Å². The van der Waals surface area contributed by atoms with E-state index in [0.717, 1.165) is 30.7 Å². The first kappa shape index (κ1) is 12.9. The standard InChI is InChI=1S/C14H18N4O2/c1-15-14(20)10-5-4-8-18(10)13-11(9-19)17-7-3-2-6-12(17)16-13/h2-3,6-7,10,19H,4-5,8-9H2,1H3,(H,15,20). The molecule has 2 aromatic rings. The lowest BCUT2D eigenvalue weighted by Gasteiger charge is -2.24. The Kier molecular flexibility index (Phi) is 3.31. The van der Waals surface area contributed by atoms with Crippen molar-refractivity contribution in [2.75, 3.05) is 18.5 Å². The van der Waals surface area contributed by atoms with E-state index >= 15 is 0 Å². The molecule has 1 atom stereocenters. The molecule has 3 heterocycles. The predicted molar refractivity (Wildman–Crippen MR) is 75.5 cm³/mol. The predicted octanol–water partition coefficient (Wildman–Crippen LogP) is 0.541. The number of rotatable bonds is 3. The fourth-order valence-electron chi connectivity index (χ4n) is 2.87. The largest absolute Gasteiger partial charge is 0.390 e. The minimum absolute atomic E-state index is 0.00319.